The van der Waals surface area contributed by atoms with Crippen molar-refractivity contribution in [2.24, 2.45) is 0 Å². The molecular weight excluding hydrogens is 250 g/mol. The van der Waals surface area contributed by atoms with Gasteiger partial charge in [0.15, 0.2) is 8.32 Å². The standard InChI is InChI=1S/C16H29NOSi/c1-8-13(2)15-11-9-10-14(17-15)12-18-19(6,7)16(3,4)5/h9-11,13H,8,12H2,1-7H3. The van der Waals surface area contributed by atoms with Crippen LogP contribution < -0.4 is 0 Å². The third kappa shape index (κ3) is 4.43. The molecule has 0 aromatic carbocycles. The van der Waals surface area contributed by atoms with Gasteiger partial charge in [0.2, 0.25) is 0 Å². The maximum atomic E-state index is 6.22. The Bertz CT molecular complexity index is 409. The molecule has 108 valence electrons. The fourth-order valence-electron chi connectivity index (χ4n) is 1.53. The average molecular weight is 279 g/mol. The van der Waals surface area contributed by atoms with Crippen LogP contribution in [0.5, 0.6) is 0 Å². The first-order chi connectivity index (χ1) is 8.67. The van der Waals surface area contributed by atoms with Gasteiger partial charge in [-0.3, -0.25) is 4.98 Å². The Labute approximate surface area is 119 Å². The molecule has 0 aliphatic carbocycles. The molecule has 0 saturated carbocycles. The van der Waals surface area contributed by atoms with E-state index in [1.54, 1.807) is 0 Å². The van der Waals surface area contributed by atoms with Gasteiger partial charge in [-0.25, -0.2) is 0 Å². The minimum Gasteiger partial charge on any atom is -0.411 e. The van der Waals surface area contributed by atoms with Crippen LogP contribution in [-0.2, 0) is 11.0 Å². The molecule has 1 aromatic heterocycles. The normalized spacial score (nSPS) is 14.5. The van der Waals surface area contributed by atoms with Crippen LogP contribution in [-0.4, -0.2) is 13.3 Å². The summed E-state index contributed by atoms with van der Waals surface area (Å²) < 4.78 is 6.22. The van der Waals surface area contributed by atoms with Crippen molar-refractivity contribution in [3.05, 3.63) is 29.6 Å². The molecule has 1 rings (SSSR count). The van der Waals surface area contributed by atoms with Crippen molar-refractivity contribution in [2.45, 2.75) is 71.7 Å². The second kappa shape index (κ2) is 6.19. The monoisotopic (exact) mass is 279 g/mol. The highest BCUT2D eigenvalue weighted by Crippen LogP contribution is 2.37. The summed E-state index contributed by atoms with van der Waals surface area (Å²) in [5.41, 5.74) is 2.24. The van der Waals surface area contributed by atoms with Crippen LogP contribution in [0.25, 0.3) is 0 Å². The number of nitrogens with zero attached hydrogens (tertiary/aromatic N) is 1. The summed E-state index contributed by atoms with van der Waals surface area (Å²) >= 11 is 0. The lowest BCUT2D eigenvalue weighted by Gasteiger charge is -2.36. The quantitative estimate of drug-likeness (QED) is 0.698. The fourth-order valence-corrected chi connectivity index (χ4v) is 2.47. The molecule has 19 heavy (non-hydrogen) atoms. The van der Waals surface area contributed by atoms with Gasteiger partial charge in [0.1, 0.15) is 0 Å². The third-order valence-electron chi connectivity index (χ3n) is 4.33. The topological polar surface area (TPSA) is 22.1 Å². The Kier molecular flexibility index (Phi) is 5.33. The first-order valence-electron chi connectivity index (χ1n) is 7.27. The molecular formula is C16H29NOSi. The lowest BCUT2D eigenvalue weighted by atomic mass is 10.0. The molecule has 0 bridgehead atoms. The Balaban J connectivity index is 2.74. The molecule has 0 radical (unpaired) electrons. The summed E-state index contributed by atoms with van der Waals surface area (Å²) in [4.78, 5) is 4.73. The van der Waals surface area contributed by atoms with Crippen LogP contribution in [0.2, 0.25) is 18.1 Å². The van der Waals surface area contributed by atoms with E-state index in [2.05, 4.69) is 65.9 Å². The molecule has 1 aromatic rings. The number of hydrogen-bond donors (Lipinski definition) is 0. The summed E-state index contributed by atoms with van der Waals surface area (Å²) in [6.07, 6.45) is 1.12. The van der Waals surface area contributed by atoms with Gasteiger partial charge in [-0.05, 0) is 42.6 Å². The van der Waals surface area contributed by atoms with Crippen molar-refractivity contribution < 1.29 is 4.43 Å². The van der Waals surface area contributed by atoms with E-state index in [0.717, 1.165) is 12.1 Å². The van der Waals surface area contributed by atoms with Gasteiger partial charge in [0, 0.05) is 5.69 Å². The fraction of sp³-hybridized carbons (Fsp3) is 0.688. The van der Waals surface area contributed by atoms with Gasteiger partial charge in [0.25, 0.3) is 0 Å². The molecule has 1 heterocycles. The van der Waals surface area contributed by atoms with Crippen LogP contribution >= 0.6 is 0 Å². The summed E-state index contributed by atoms with van der Waals surface area (Å²) in [7, 11) is -1.68. The lowest BCUT2D eigenvalue weighted by molar-refractivity contribution is 0.271. The number of rotatable bonds is 5. The van der Waals surface area contributed by atoms with E-state index in [4.69, 9.17) is 9.41 Å². The molecule has 2 nitrogen and oxygen atoms in total. The Morgan fingerprint density at radius 1 is 1.26 bits per heavy atom. The van der Waals surface area contributed by atoms with Gasteiger partial charge in [-0.2, -0.15) is 0 Å². The van der Waals surface area contributed by atoms with Crippen molar-refractivity contribution in [2.75, 3.05) is 0 Å². The lowest BCUT2D eigenvalue weighted by Crippen LogP contribution is -2.40. The molecule has 3 heteroatoms. The number of hydrogen-bond acceptors (Lipinski definition) is 2. The van der Waals surface area contributed by atoms with Crippen LogP contribution in [0, 0.1) is 0 Å². The maximum Gasteiger partial charge on any atom is 0.192 e. The highest BCUT2D eigenvalue weighted by atomic mass is 28.4. The van der Waals surface area contributed by atoms with Crippen LogP contribution in [0.15, 0.2) is 18.2 Å². The Morgan fingerprint density at radius 2 is 1.89 bits per heavy atom. The van der Waals surface area contributed by atoms with E-state index in [0.29, 0.717) is 12.5 Å². The van der Waals surface area contributed by atoms with Gasteiger partial charge in [0.05, 0.1) is 12.3 Å². The zero-order valence-electron chi connectivity index (χ0n) is 13.6. The van der Waals surface area contributed by atoms with Crippen molar-refractivity contribution in [3.8, 4) is 0 Å². The summed E-state index contributed by atoms with van der Waals surface area (Å²) in [5, 5.41) is 0.251. The van der Waals surface area contributed by atoms with E-state index >= 15 is 0 Å². The van der Waals surface area contributed by atoms with Crippen LogP contribution in [0.3, 0.4) is 0 Å². The molecule has 1 unspecified atom stereocenters. The summed E-state index contributed by atoms with van der Waals surface area (Å²) in [6, 6.07) is 6.28. The Hall–Kier alpha value is -0.673. The summed E-state index contributed by atoms with van der Waals surface area (Å²) in [5.74, 6) is 0.521. The molecule has 1 atom stereocenters. The van der Waals surface area contributed by atoms with Gasteiger partial charge < -0.3 is 4.43 Å². The maximum absolute atomic E-state index is 6.22. The number of pyridine rings is 1. The second-order valence-electron chi connectivity index (χ2n) is 6.91. The van der Waals surface area contributed by atoms with Crippen molar-refractivity contribution in [1.82, 2.24) is 4.98 Å². The first kappa shape index (κ1) is 16.4. The highest BCUT2D eigenvalue weighted by Gasteiger charge is 2.37. The van der Waals surface area contributed by atoms with Gasteiger partial charge in [-0.1, -0.05) is 40.7 Å². The average Bonchev–Trinajstić information content (AvgIpc) is 2.34. The van der Waals surface area contributed by atoms with E-state index in [-0.39, 0.29) is 5.04 Å². The molecule has 0 aliphatic rings. The highest BCUT2D eigenvalue weighted by molar-refractivity contribution is 6.74. The van der Waals surface area contributed by atoms with E-state index in [9.17, 15) is 0 Å². The second-order valence-corrected chi connectivity index (χ2v) is 11.7. The molecule has 0 aliphatic heterocycles. The van der Waals surface area contributed by atoms with Crippen molar-refractivity contribution >= 4 is 8.32 Å². The molecule has 0 amide bonds. The minimum atomic E-state index is -1.68. The first-order valence-corrected chi connectivity index (χ1v) is 10.2. The predicted molar refractivity (Wildman–Crippen MR) is 84.9 cm³/mol. The minimum absolute atomic E-state index is 0.251. The molecule has 0 spiro atoms. The van der Waals surface area contributed by atoms with E-state index in [1.165, 1.54) is 5.69 Å². The smallest absolute Gasteiger partial charge is 0.192 e. The van der Waals surface area contributed by atoms with Gasteiger partial charge in [-0.15, -0.1) is 0 Å². The molecule has 0 fully saturated rings. The molecule has 0 N–H and O–H groups in total. The Morgan fingerprint density at radius 3 is 2.42 bits per heavy atom. The zero-order valence-corrected chi connectivity index (χ0v) is 14.6. The molecule has 0 saturated heterocycles. The SMILES string of the molecule is CCC(C)c1cccc(CO[Si](C)(C)C(C)(C)C)n1. The van der Waals surface area contributed by atoms with Crippen LogP contribution in [0.1, 0.15) is 58.3 Å². The summed E-state index contributed by atoms with van der Waals surface area (Å²) in [6.45, 7) is 16.4. The van der Waals surface area contributed by atoms with E-state index in [1.807, 2.05) is 0 Å². The zero-order chi connectivity index (χ0) is 14.7. The van der Waals surface area contributed by atoms with Crippen LogP contribution in [0.4, 0.5) is 0 Å². The number of aromatic nitrogens is 1. The van der Waals surface area contributed by atoms with Crippen molar-refractivity contribution in [3.63, 3.8) is 0 Å². The predicted octanol–water partition coefficient (Wildman–Crippen LogP) is 5.12. The van der Waals surface area contributed by atoms with E-state index < -0.39 is 8.32 Å². The van der Waals surface area contributed by atoms with Gasteiger partial charge >= 0.3 is 0 Å². The largest absolute Gasteiger partial charge is 0.411 e. The van der Waals surface area contributed by atoms with Crippen molar-refractivity contribution in [1.29, 1.82) is 0 Å². The third-order valence-corrected chi connectivity index (χ3v) is 8.81.